The number of aryl methyl sites for hydroxylation is 1. The van der Waals surface area contributed by atoms with Gasteiger partial charge in [0.2, 0.25) is 0 Å². The number of hydrogen-bond acceptors (Lipinski definition) is 3. The van der Waals surface area contributed by atoms with Crippen LogP contribution in [0.1, 0.15) is 16.7 Å². The third-order valence-corrected chi connectivity index (χ3v) is 4.63. The number of nitriles is 1. The van der Waals surface area contributed by atoms with Gasteiger partial charge in [-0.3, -0.25) is 4.72 Å². The Labute approximate surface area is 122 Å². The molecular formula is C15H13FN2O2S. The summed E-state index contributed by atoms with van der Waals surface area (Å²) < 4.78 is 40.7. The van der Waals surface area contributed by atoms with Gasteiger partial charge in [0, 0.05) is 0 Å². The van der Waals surface area contributed by atoms with Crippen molar-refractivity contribution >= 4 is 15.7 Å². The Morgan fingerprint density at radius 2 is 1.81 bits per heavy atom. The molecule has 0 spiro atoms. The van der Waals surface area contributed by atoms with Crippen LogP contribution in [0.15, 0.2) is 41.3 Å². The van der Waals surface area contributed by atoms with E-state index in [1.54, 1.807) is 25.1 Å². The highest BCUT2D eigenvalue weighted by molar-refractivity contribution is 7.92. The topological polar surface area (TPSA) is 70.0 Å². The average molecular weight is 304 g/mol. The van der Waals surface area contributed by atoms with E-state index in [1.807, 2.05) is 13.0 Å². The number of hydrogen-bond donors (Lipinski definition) is 1. The van der Waals surface area contributed by atoms with Crippen molar-refractivity contribution in [1.29, 1.82) is 5.26 Å². The maximum absolute atomic E-state index is 13.5. The van der Waals surface area contributed by atoms with Gasteiger partial charge < -0.3 is 0 Å². The first-order valence-electron chi connectivity index (χ1n) is 6.14. The van der Waals surface area contributed by atoms with E-state index in [-0.39, 0.29) is 4.90 Å². The van der Waals surface area contributed by atoms with Crippen LogP contribution >= 0.6 is 0 Å². The third kappa shape index (κ3) is 2.88. The first kappa shape index (κ1) is 15.0. The lowest BCUT2D eigenvalue weighted by molar-refractivity contribution is 0.593. The van der Waals surface area contributed by atoms with Crippen LogP contribution in [0.4, 0.5) is 10.1 Å². The summed E-state index contributed by atoms with van der Waals surface area (Å²) in [5.41, 5.74) is 1.62. The normalized spacial score (nSPS) is 11.0. The molecule has 2 rings (SSSR count). The number of benzene rings is 2. The van der Waals surface area contributed by atoms with E-state index in [9.17, 15) is 12.8 Å². The fraction of sp³-hybridized carbons (Fsp3) is 0.133. The molecule has 0 amide bonds. The predicted octanol–water partition coefficient (Wildman–Crippen LogP) is 3.12. The lowest BCUT2D eigenvalue weighted by Crippen LogP contribution is -2.16. The van der Waals surface area contributed by atoms with Crippen LogP contribution in [-0.2, 0) is 10.0 Å². The molecule has 0 bridgehead atoms. The van der Waals surface area contributed by atoms with Crippen LogP contribution in [0.25, 0.3) is 0 Å². The van der Waals surface area contributed by atoms with Gasteiger partial charge in [-0.2, -0.15) is 5.26 Å². The zero-order valence-electron chi connectivity index (χ0n) is 11.5. The second kappa shape index (κ2) is 5.54. The van der Waals surface area contributed by atoms with Gasteiger partial charge in [0.05, 0.1) is 5.69 Å². The molecule has 6 heteroatoms. The predicted molar refractivity (Wildman–Crippen MR) is 77.8 cm³/mol. The third-order valence-electron chi connectivity index (χ3n) is 3.23. The minimum Gasteiger partial charge on any atom is -0.279 e. The van der Waals surface area contributed by atoms with Crippen molar-refractivity contribution in [2.75, 3.05) is 4.72 Å². The summed E-state index contributed by atoms with van der Waals surface area (Å²) in [6, 6.07) is 10.3. The molecule has 4 nitrogen and oxygen atoms in total. The molecule has 0 atom stereocenters. The zero-order valence-corrected chi connectivity index (χ0v) is 12.3. The van der Waals surface area contributed by atoms with Crippen molar-refractivity contribution in [2.45, 2.75) is 18.7 Å². The fourth-order valence-electron chi connectivity index (χ4n) is 1.90. The number of nitrogens with one attached hydrogen (secondary N) is 1. The molecule has 0 aliphatic rings. The highest BCUT2D eigenvalue weighted by Gasteiger charge is 2.22. The molecule has 0 radical (unpaired) electrons. The second-order valence-electron chi connectivity index (χ2n) is 4.58. The molecule has 0 heterocycles. The highest BCUT2D eigenvalue weighted by atomic mass is 32.2. The zero-order chi connectivity index (χ0) is 15.6. The molecule has 0 aliphatic carbocycles. The van der Waals surface area contributed by atoms with Gasteiger partial charge in [-0.15, -0.1) is 0 Å². The summed E-state index contributed by atoms with van der Waals surface area (Å²) in [6.45, 7) is 3.64. The number of nitrogens with zero attached hydrogens (tertiary/aromatic N) is 1. The van der Waals surface area contributed by atoms with Gasteiger partial charge in [0.1, 0.15) is 22.3 Å². The molecule has 1 N–H and O–H groups in total. The van der Waals surface area contributed by atoms with Crippen molar-refractivity contribution in [3.63, 3.8) is 0 Å². The Morgan fingerprint density at radius 3 is 2.48 bits per heavy atom. The van der Waals surface area contributed by atoms with E-state index in [2.05, 4.69) is 4.72 Å². The van der Waals surface area contributed by atoms with Crippen molar-refractivity contribution in [3.05, 3.63) is 58.9 Å². The van der Waals surface area contributed by atoms with E-state index in [0.717, 1.165) is 17.2 Å². The van der Waals surface area contributed by atoms with E-state index in [1.165, 1.54) is 12.1 Å². The minimum atomic E-state index is -4.03. The molecule has 0 fully saturated rings. The van der Waals surface area contributed by atoms with Crippen LogP contribution < -0.4 is 4.72 Å². The Balaban J connectivity index is 2.52. The summed E-state index contributed by atoms with van der Waals surface area (Å²) in [7, 11) is -4.03. The van der Waals surface area contributed by atoms with Crippen LogP contribution in [0.5, 0.6) is 0 Å². The van der Waals surface area contributed by atoms with Gasteiger partial charge in [0.15, 0.2) is 0 Å². The minimum absolute atomic E-state index is 0.370. The van der Waals surface area contributed by atoms with Crippen molar-refractivity contribution in [3.8, 4) is 6.07 Å². The van der Waals surface area contributed by atoms with Gasteiger partial charge in [0.25, 0.3) is 10.0 Å². The standard InChI is InChI=1S/C15H13FN2O2S/c1-10-5-3-7-14(11(10)2)18-21(19,20)15-8-4-6-13(16)12(15)9-17/h3-8,18H,1-2H3. The molecule has 0 aromatic heterocycles. The molecule has 0 saturated carbocycles. The number of rotatable bonds is 3. The van der Waals surface area contributed by atoms with E-state index in [0.29, 0.717) is 5.69 Å². The lowest BCUT2D eigenvalue weighted by Gasteiger charge is -2.13. The fourth-order valence-corrected chi connectivity index (χ4v) is 3.19. The van der Waals surface area contributed by atoms with Crippen molar-refractivity contribution in [2.24, 2.45) is 0 Å². The molecule has 2 aromatic rings. The van der Waals surface area contributed by atoms with Gasteiger partial charge in [-0.1, -0.05) is 18.2 Å². The van der Waals surface area contributed by atoms with Gasteiger partial charge >= 0.3 is 0 Å². The lowest BCUT2D eigenvalue weighted by atomic mass is 10.1. The monoisotopic (exact) mass is 304 g/mol. The van der Waals surface area contributed by atoms with Gasteiger partial charge in [-0.05, 0) is 43.2 Å². The van der Waals surface area contributed by atoms with Gasteiger partial charge in [-0.25, -0.2) is 12.8 Å². The molecule has 108 valence electrons. The Hall–Kier alpha value is -2.39. The maximum Gasteiger partial charge on any atom is 0.263 e. The quantitative estimate of drug-likeness (QED) is 0.947. The average Bonchev–Trinajstić information content (AvgIpc) is 2.43. The van der Waals surface area contributed by atoms with Crippen LogP contribution in [0.3, 0.4) is 0 Å². The van der Waals surface area contributed by atoms with Crippen LogP contribution in [0, 0.1) is 31.0 Å². The molecular weight excluding hydrogens is 291 g/mol. The number of sulfonamides is 1. The number of anilines is 1. The SMILES string of the molecule is Cc1cccc(NS(=O)(=O)c2cccc(F)c2C#N)c1C. The summed E-state index contributed by atoms with van der Waals surface area (Å²) in [6.07, 6.45) is 0. The van der Waals surface area contributed by atoms with E-state index >= 15 is 0 Å². The Morgan fingerprint density at radius 1 is 1.14 bits per heavy atom. The van der Waals surface area contributed by atoms with E-state index < -0.39 is 21.4 Å². The van der Waals surface area contributed by atoms with Crippen molar-refractivity contribution in [1.82, 2.24) is 0 Å². The Bertz CT molecular complexity index is 839. The van der Waals surface area contributed by atoms with Crippen LogP contribution in [-0.4, -0.2) is 8.42 Å². The summed E-state index contributed by atoms with van der Waals surface area (Å²) in [5, 5.41) is 8.95. The first-order chi connectivity index (χ1) is 9.86. The largest absolute Gasteiger partial charge is 0.279 e. The molecule has 21 heavy (non-hydrogen) atoms. The highest BCUT2D eigenvalue weighted by Crippen LogP contribution is 2.24. The smallest absolute Gasteiger partial charge is 0.263 e. The summed E-state index contributed by atoms with van der Waals surface area (Å²) in [4.78, 5) is -0.370. The number of halogens is 1. The molecule has 0 aliphatic heterocycles. The molecule has 2 aromatic carbocycles. The van der Waals surface area contributed by atoms with Crippen LogP contribution in [0.2, 0.25) is 0 Å². The molecule has 0 saturated heterocycles. The summed E-state index contributed by atoms with van der Waals surface area (Å²) in [5.74, 6) is -0.860. The first-order valence-corrected chi connectivity index (χ1v) is 7.63. The molecule has 0 unspecified atom stereocenters. The summed E-state index contributed by atoms with van der Waals surface area (Å²) >= 11 is 0. The van der Waals surface area contributed by atoms with Crippen molar-refractivity contribution < 1.29 is 12.8 Å². The Kier molecular flexibility index (Phi) is 3.96. The van der Waals surface area contributed by atoms with E-state index in [4.69, 9.17) is 5.26 Å². The second-order valence-corrected chi connectivity index (χ2v) is 6.23. The maximum atomic E-state index is 13.5.